The standard InChI is InChI=1S/C10H14BrNO/c1-3-7(2)13-10-6-8(12)4-5-9(10)11/h4-7H,3,12H2,1-2H3. The Hall–Kier alpha value is -0.700. The summed E-state index contributed by atoms with van der Waals surface area (Å²) in [6, 6.07) is 5.57. The molecule has 72 valence electrons. The van der Waals surface area contributed by atoms with Gasteiger partial charge in [-0.05, 0) is 41.4 Å². The highest BCUT2D eigenvalue weighted by molar-refractivity contribution is 9.10. The summed E-state index contributed by atoms with van der Waals surface area (Å²) < 4.78 is 6.59. The molecule has 1 rings (SSSR count). The van der Waals surface area contributed by atoms with E-state index in [0.717, 1.165) is 22.3 Å². The van der Waals surface area contributed by atoms with Gasteiger partial charge in [0.05, 0.1) is 10.6 Å². The molecule has 0 fully saturated rings. The fourth-order valence-corrected chi connectivity index (χ4v) is 1.25. The molecule has 0 amide bonds. The second kappa shape index (κ2) is 4.51. The molecule has 0 aliphatic rings. The highest BCUT2D eigenvalue weighted by atomic mass is 79.9. The van der Waals surface area contributed by atoms with Gasteiger partial charge in [0, 0.05) is 11.8 Å². The SMILES string of the molecule is CCC(C)Oc1cc(N)ccc1Br. The third-order valence-corrected chi connectivity index (χ3v) is 2.51. The van der Waals surface area contributed by atoms with E-state index in [2.05, 4.69) is 22.9 Å². The molecule has 0 aliphatic heterocycles. The van der Waals surface area contributed by atoms with E-state index in [1.807, 2.05) is 25.1 Å². The van der Waals surface area contributed by atoms with Crippen LogP contribution in [0.4, 0.5) is 5.69 Å². The zero-order chi connectivity index (χ0) is 9.84. The van der Waals surface area contributed by atoms with Gasteiger partial charge in [-0.25, -0.2) is 0 Å². The zero-order valence-electron chi connectivity index (χ0n) is 7.88. The smallest absolute Gasteiger partial charge is 0.135 e. The molecule has 0 heterocycles. The monoisotopic (exact) mass is 243 g/mol. The molecule has 2 nitrogen and oxygen atoms in total. The Kier molecular flexibility index (Phi) is 3.60. The highest BCUT2D eigenvalue weighted by Crippen LogP contribution is 2.28. The fraction of sp³-hybridized carbons (Fsp3) is 0.400. The third kappa shape index (κ3) is 2.92. The van der Waals surface area contributed by atoms with Gasteiger partial charge in [-0.15, -0.1) is 0 Å². The van der Waals surface area contributed by atoms with Crippen LogP contribution in [-0.2, 0) is 0 Å². The Morgan fingerprint density at radius 3 is 2.85 bits per heavy atom. The molecule has 0 aromatic heterocycles. The number of nitrogen functional groups attached to an aromatic ring is 1. The first-order valence-electron chi connectivity index (χ1n) is 4.35. The minimum atomic E-state index is 0.220. The van der Waals surface area contributed by atoms with Crippen molar-refractivity contribution in [1.82, 2.24) is 0 Å². The Bertz CT molecular complexity index is 288. The molecule has 1 atom stereocenters. The molecule has 0 aliphatic carbocycles. The predicted molar refractivity (Wildman–Crippen MR) is 58.9 cm³/mol. The molecule has 1 aromatic rings. The van der Waals surface area contributed by atoms with E-state index in [1.165, 1.54) is 0 Å². The van der Waals surface area contributed by atoms with E-state index in [4.69, 9.17) is 10.5 Å². The van der Waals surface area contributed by atoms with Crippen LogP contribution in [-0.4, -0.2) is 6.10 Å². The average Bonchev–Trinajstić information content (AvgIpc) is 2.11. The van der Waals surface area contributed by atoms with Gasteiger partial charge in [0.2, 0.25) is 0 Å². The second-order valence-electron chi connectivity index (χ2n) is 3.03. The van der Waals surface area contributed by atoms with Crippen LogP contribution in [0.1, 0.15) is 20.3 Å². The number of hydrogen-bond donors (Lipinski definition) is 1. The van der Waals surface area contributed by atoms with Crippen LogP contribution in [0, 0.1) is 0 Å². The number of rotatable bonds is 3. The predicted octanol–water partition coefficient (Wildman–Crippen LogP) is 3.21. The van der Waals surface area contributed by atoms with Crippen molar-refractivity contribution >= 4 is 21.6 Å². The maximum atomic E-state index is 5.65. The fourth-order valence-electron chi connectivity index (χ4n) is 0.910. The molecule has 2 N–H and O–H groups in total. The molecular weight excluding hydrogens is 230 g/mol. The van der Waals surface area contributed by atoms with E-state index < -0.39 is 0 Å². The molecule has 1 aromatic carbocycles. The first-order valence-corrected chi connectivity index (χ1v) is 5.14. The van der Waals surface area contributed by atoms with Gasteiger partial charge in [0.1, 0.15) is 5.75 Å². The Morgan fingerprint density at radius 1 is 1.54 bits per heavy atom. The van der Waals surface area contributed by atoms with Crippen molar-refractivity contribution in [2.24, 2.45) is 0 Å². The molecular formula is C10H14BrNO. The van der Waals surface area contributed by atoms with Gasteiger partial charge < -0.3 is 10.5 Å². The number of benzene rings is 1. The average molecular weight is 244 g/mol. The van der Waals surface area contributed by atoms with Crippen LogP contribution in [0.15, 0.2) is 22.7 Å². The quantitative estimate of drug-likeness (QED) is 0.828. The Labute approximate surface area is 87.2 Å². The summed E-state index contributed by atoms with van der Waals surface area (Å²) in [5, 5.41) is 0. The van der Waals surface area contributed by atoms with Gasteiger partial charge in [0.15, 0.2) is 0 Å². The minimum absolute atomic E-state index is 0.220. The summed E-state index contributed by atoms with van der Waals surface area (Å²) in [5.41, 5.74) is 6.37. The van der Waals surface area contributed by atoms with Crippen molar-refractivity contribution in [3.8, 4) is 5.75 Å². The summed E-state index contributed by atoms with van der Waals surface area (Å²) in [4.78, 5) is 0. The lowest BCUT2D eigenvalue weighted by atomic mass is 10.3. The van der Waals surface area contributed by atoms with Crippen molar-refractivity contribution < 1.29 is 4.74 Å². The second-order valence-corrected chi connectivity index (χ2v) is 3.88. The number of hydrogen-bond acceptors (Lipinski definition) is 2. The molecule has 1 unspecified atom stereocenters. The minimum Gasteiger partial charge on any atom is -0.489 e. The van der Waals surface area contributed by atoms with E-state index in [-0.39, 0.29) is 6.10 Å². The number of ether oxygens (including phenoxy) is 1. The third-order valence-electron chi connectivity index (χ3n) is 1.86. The van der Waals surface area contributed by atoms with Gasteiger partial charge in [-0.2, -0.15) is 0 Å². The van der Waals surface area contributed by atoms with Crippen LogP contribution >= 0.6 is 15.9 Å². The molecule has 0 saturated carbocycles. The van der Waals surface area contributed by atoms with Gasteiger partial charge in [-0.3, -0.25) is 0 Å². The normalized spacial score (nSPS) is 12.5. The van der Waals surface area contributed by atoms with Crippen molar-refractivity contribution in [3.05, 3.63) is 22.7 Å². The molecule has 0 radical (unpaired) electrons. The molecule has 3 heteroatoms. The number of nitrogens with two attached hydrogens (primary N) is 1. The van der Waals surface area contributed by atoms with E-state index in [9.17, 15) is 0 Å². The highest BCUT2D eigenvalue weighted by Gasteiger charge is 2.05. The molecule has 13 heavy (non-hydrogen) atoms. The summed E-state index contributed by atoms with van der Waals surface area (Å²) in [5.74, 6) is 0.814. The lowest BCUT2D eigenvalue weighted by Gasteiger charge is -2.14. The summed E-state index contributed by atoms with van der Waals surface area (Å²) in [6.07, 6.45) is 1.21. The number of halogens is 1. The molecule has 0 spiro atoms. The summed E-state index contributed by atoms with van der Waals surface area (Å²) in [6.45, 7) is 4.13. The maximum absolute atomic E-state index is 5.65. The van der Waals surface area contributed by atoms with Crippen LogP contribution in [0.3, 0.4) is 0 Å². The first kappa shape index (κ1) is 10.4. The van der Waals surface area contributed by atoms with Crippen molar-refractivity contribution in [2.45, 2.75) is 26.4 Å². The largest absolute Gasteiger partial charge is 0.489 e. The van der Waals surface area contributed by atoms with E-state index in [1.54, 1.807) is 0 Å². The van der Waals surface area contributed by atoms with Crippen molar-refractivity contribution in [3.63, 3.8) is 0 Å². The van der Waals surface area contributed by atoms with Gasteiger partial charge in [0.25, 0.3) is 0 Å². The van der Waals surface area contributed by atoms with Crippen molar-refractivity contribution in [2.75, 3.05) is 5.73 Å². The van der Waals surface area contributed by atoms with Gasteiger partial charge >= 0.3 is 0 Å². The van der Waals surface area contributed by atoms with Crippen LogP contribution in [0.25, 0.3) is 0 Å². The summed E-state index contributed by atoms with van der Waals surface area (Å²) >= 11 is 3.41. The maximum Gasteiger partial charge on any atom is 0.135 e. The molecule has 0 bridgehead atoms. The van der Waals surface area contributed by atoms with Crippen LogP contribution in [0.2, 0.25) is 0 Å². The lowest BCUT2D eigenvalue weighted by Crippen LogP contribution is -2.10. The first-order chi connectivity index (χ1) is 6.13. The Morgan fingerprint density at radius 2 is 2.23 bits per heavy atom. The topological polar surface area (TPSA) is 35.2 Å². The Balaban J connectivity index is 2.81. The summed E-state index contributed by atoms with van der Waals surface area (Å²) in [7, 11) is 0. The zero-order valence-corrected chi connectivity index (χ0v) is 9.47. The lowest BCUT2D eigenvalue weighted by molar-refractivity contribution is 0.216. The molecule has 0 saturated heterocycles. The van der Waals surface area contributed by atoms with E-state index in [0.29, 0.717) is 0 Å². The van der Waals surface area contributed by atoms with E-state index >= 15 is 0 Å². The van der Waals surface area contributed by atoms with Gasteiger partial charge in [-0.1, -0.05) is 6.92 Å². The van der Waals surface area contributed by atoms with Crippen molar-refractivity contribution in [1.29, 1.82) is 0 Å². The number of anilines is 1. The van der Waals surface area contributed by atoms with Crippen LogP contribution < -0.4 is 10.5 Å². The van der Waals surface area contributed by atoms with Crippen LogP contribution in [0.5, 0.6) is 5.75 Å².